The van der Waals surface area contributed by atoms with Gasteiger partial charge in [0.2, 0.25) is 0 Å². The van der Waals surface area contributed by atoms with E-state index >= 15 is 0 Å². The van der Waals surface area contributed by atoms with E-state index in [1.165, 1.54) is 11.1 Å². The molecule has 0 fully saturated rings. The van der Waals surface area contributed by atoms with Crippen molar-refractivity contribution in [2.75, 3.05) is 9.80 Å². The highest BCUT2D eigenvalue weighted by Gasteiger charge is 2.19. The van der Waals surface area contributed by atoms with E-state index in [0.717, 1.165) is 60.5 Å². The Balaban J connectivity index is 1.31. The summed E-state index contributed by atoms with van der Waals surface area (Å²) in [5.74, 6) is 0. The average molecular weight is 658 g/mol. The maximum Gasteiger partial charge on any atom is 0.137 e. The summed E-state index contributed by atoms with van der Waals surface area (Å²) >= 11 is 3.87. The van der Waals surface area contributed by atoms with Gasteiger partial charge in [0.1, 0.15) is 11.2 Å². The van der Waals surface area contributed by atoms with Crippen molar-refractivity contribution >= 4 is 72.0 Å². The molecule has 8 aromatic rings. The number of nitrogens with zero attached hydrogens (tertiary/aromatic N) is 2. The van der Waals surface area contributed by atoms with Crippen LogP contribution in [-0.4, -0.2) is 0 Å². The maximum atomic E-state index is 6.35. The fourth-order valence-corrected chi connectivity index (χ4v) is 6.62. The molecule has 3 nitrogen and oxygen atoms in total. The Kier molecular flexibility index (Phi) is 7.33. The number of anilines is 6. The number of hydrogen-bond acceptors (Lipinski definition) is 3. The summed E-state index contributed by atoms with van der Waals surface area (Å²) < 4.78 is 7.33. The lowest BCUT2D eigenvalue weighted by molar-refractivity contribution is 0.669. The number of hydrogen-bond donors (Lipinski definition) is 0. The van der Waals surface area contributed by atoms with Crippen molar-refractivity contribution in [3.8, 4) is 11.1 Å². The van der Waals surface area contributed by atoms with Gasteiger partial charge in [-0.15, -0.1) is 0 Å². The second kappa shape index (κ2) is 12.1. The van der Waals surface area contributed by atoms with Crippen molar-refractivity contribution in [3.05, 3.63) is 180 Å². The zero-order valence-electron chi connectivity index (χ0n) is 24.9. The van der Waals surface area contributed by atoms with Crippen LogP contribution in [0.4, 0.5) is 34.1 Å². The number of furan rings is 1. The van der Waals surface area contributed by atoms with Gasteiger partial charge in [-0.25, -0.2) is 0 Å². The molecule has 0 saturated carbocycles. The third kappa shape index (κ3) is 5.33. The van der Waals surface area contributed by atoms with Gasteiger partial charge in [-0.05, 0) is 83.9 Å². The topological polar surface area (TPSA) is 19.6 Å². The van der Waals surface area contributed by atoms with E-state index in [4.69, 9.17) is 4.42 Å². The Hall–Kier alpha value is -5.58. The van der Waals surface area contributed by atoms with Crippen LogP contribution in [0, 0.1) is 0 Å². The second-order valence-corrected chi connectivity index (χ2v) is 12.1. The van der Waals surface area contributed by atoms with Crippen LogP contribution >= 0.6 is 15.9 Å². The van der Waals surface area contributed by atoms with Crippen molar-refractivity contribution in [2.45, 2.75) is 0 Å². The van der Waals surface area contributed by atoms with E-state index in [9.17, 15) is 0 Å². The summed E-state index contributed by atoms with van der Waals surface area (Å²) in [5, 5.41) is 2.22. The summed E-state index contributed by atoms with van der Waals surface area (Å²) in [7, 11) is 0. The molecule has 0 radical (unpaired) electrons. The summed E-state index contributed by atoms with van der Waals surface area (Å²) in [6, 6.07) is 61.5. The van der Waals surface area contributed by atoms with Crippen LogP contribution in [0.1, 0.15) is 0 Å². The van der Waals surface area contributed by atoms with E-state index in [1.54, 1.807) is 0 Å². The van der Waals surface area contributed by atoms with Gasteiger partial charge in [-0.3, -0.25) is 0 Å². The molecule has 8 rings (SSSR count). The predicted molar refractivity (Wildman–Crippen MR) is 196 cm³/mol. The molecule has 0 spiro atoms. The van der Waals surface area contributed by atoms with Gasteiger partial charge < -0.3 is 14.2 Å². The largest absolute Gasteiger partial charge is 0.456 e. The lowest BCUT2D eigenvalue weighted by atomic mass is 10.0. The first-order chi connectivity index (χ1) is 22.7. The molecule has 4 heteroatoms. The smallest absolute Gasteiger partial charge is 0.137 e. The van der Waals surface area contributed by atoms with Crippen molar-refractivity contribution in [3.63, 3.8) is 0 Å². The standard InChI is InChI=1S/C42H29BrN2O/c43-32-26-37(44(33-14-6-2-7-15-33)34-16-8-3-9-17-34)28-38(27-32)45(35-22-20-31(21-23-35)30-12-4-1-5-13-30)36-24-25-40-39-18-10-11-19-41(39)46-42(40)29-36/h1-29H. The number of rotatable bonds is 7. The van der Waals surface area contributed by atoms with Gasteiger partial charge in [-0.2, -0.15) is 0 Å². The summed E-state index contributed by atoms with van der Waals surface area (Å²) in [4.78, 5) is 4.58. The molecular formula is C42H29BrN2O. The van der Waals surface area contributed by atoms with Gasteiger partial charge in [0.15, 0.2) is 0 Å². The number of fused-ring (bicyclic) bond motifs is 3. The lowest BCUT2D eigenvalue weighted by Gasteiger charge is -2.30. The predicted octanol–water partition coefficient (Wildman–Crippen LogP) is 13.0. The molecule has 220 valence electrons. The fraction of sp³-hybridized carbons (Fsp3) is 0. The fourth-order valence-electron chi connectivity index (χ4n) is 6.15. The third-order valence-electron chi connectivity index (χ3n) is 8.27. The van der Waals surface area contributed by atoms with Gasteiger partial charge in [0.05, 0.1) is 0 Å². The quantitative estimate of drug-likeness (QED) is 0.170. The van der Waals surface area contributed by atoms with Crippen LogP contribution in [0.3, 0.4) is 0 Å². The monoisotopic (exact) mass is 656 g/mol. The first-order valence-corrected chi connectivity index (χ1v) is 16.1. The van der Waals surface area contributed by atoms with Crippen molar-refractivity contribution < 1.29 is 4.42 Å². The van der Waals surface area contributed by atoms with Crippen molar-refractivity contribution in [1.29, 1.82) is 0 Å². The Labute approximate surface area is 276 Å². The Morgan fingerprint density at radius 2 is 0.826 bits per heavy atom. The van der Waals surface area contributed by atoms with Crippen LogP contribution in [-0.2, 0) is 0 Å². The summed E-state index contributed by atoms with van der Waals surface area (Å²) in [6.45, 7) is 0. The van der Waals surface area contributed by atoms with E-state index in [0.29, 0.717) is 0 Å². The highest BCUT2D eigenvalue weighted by molar-refractivity contribution is 9.10. The van der Waals surface area contributed by atoms with Crippen LogP contribution in [0.5, 0.6) is 0 Å². The zero-order chi connectivity index (χ0) is 30.9. The number of para-hydroxylation sites is 3. The highest BCUT2D eigenvalue weighted by atomic mass is 79.9. The third-order valence-corrected chi connectivity index (χ3v) is 8.72. The average Bonchev–Trinajstić information content (AvgIpc) is 3.48. The van der Waals surface area contributed by atoms with Gasteiger partial charge in [0, 0.05) is 55.4 Å². The molecule has 0 aliphatic rings. The Morgan fingerprint density at radius 3 is 1.48 bits per heavy atom. The molecule has 1 heterocycles. The van der Waals surface area contributed by atoms with Gasteiger partial charge >= 0.3 is 0 Å². The first kappa shape index (κ1) is 27.9. The molecule has 46 heavy (non-hydrogen) atoms. The lowest BCUT2D eigenvalue weighted by Crippen LogP contribution is -2.13. The molecule has 0 aliphatic carbocycles. The molecule has 0 aliphatic heterocycles. The maximum absolute atomic E-state index is 6.35. The zero-order valence-corrected chi connectivity index (χ0v) is 26.5. The Bertz CT molecular complexity index is 2220. The molecule has 1 aromatic heterocycles. The molecule has 0 atom stereocenters. The van der Waals surface area contributed by atoms with E-state index in [-0.39, 0.29) is 0 Å². The van der Waals surface area contributed by atoms with E-state index in [1.807, 2.05) is 30.3 Å². The number of halogens is 1. The van der Waals surface area contributed by atoms with Gasteiger partial charge in [0.25, 0.3) is 0 Å². The normalized spacial score (nSPS) is 11.2. The highest BCUT2D eigenvalue weighted by Crippen LogP contribution is 2.43. The van der Waals surface area contributed by atoms with E-state index in [2.05, 4.69) is 171 Å². The van der Waals surface area contributed by atoms with Crippen LogP contribution in [0.25, 0.3) is 33.1 Å². The minimum atomic E-state index is 0.857. The van der Waals surface area contributed by atoms with Gasteiger partial charge in [-0.1, -0.05) is 113 Å². The molecular weight excluding hydrogens is 628 g/mol. The molecule has 0 N–H and O–H groups in total. The number of benzene rings is 7. The second-order valence-electron chi connectivity index (χ2n) is 11.2. The van der Waals surface area contributed by atoms with Crippen molar-refractivity contribution in [1.82, 2.24) is 0 Å². The minimum absolute atomic E-state index is 0.857. The molecule has 0 unspecified atom stereocenters. The summed E-state index contributed by atoms with van der Waals surface area (Å²) in [5.41, 5.74) is 10.4. The van der Waals surface area contributed by atoms with Crippen LogP contribution < -0.4 is 9.80 Å². The van der Waals surface area contributed by atoms with Crippen LogP contribution in [0.2, 0.25) is 0 Å². The Morgan fingerprint density at radius 1 is 0.348 bits per heavy atom. The molecule has 0 saturated heterocycles. The minimum Gasteiger partial charge on any atom is -0.456 e. The SMILES string of the molecule is Brc1cc(N(c2ccccc2)c2ccccc2)cc(N(c2ccc(-c3ccccc3)cc2)c2ccc3c(c2)oc2ccccc23)c1. The first-order valence-electron chi connectivity index (χ1n) is 15.3. The van der Waals surface area contributed by atoms with Crippen LogP contribution in [0.15, 0.2) is 185 Å². The molecule has 0 bridgehead atoms. The molecule has 7 aromatic carbocycles. The summed E-state index contributed by atoms with van der Waals surface area (Å²) in [6.07, 6.45) is 0. The van der Waals surface area contributed by atoms with Crippen molar-refractivity contribution in [2.24, 2.45) is 0 Å². The molecule has 0 amide bonds. The van der Waals surface area contributed by atoms with E-state index < -0.39 is 0 Å².